The summed E-state index contributed by atoms with van der Waals surface area (Å²) in [5.41, 5.74) is 2.46. The third-order valence-electron chi connectivity index (χ3n) is 5.64. The summed E-state index contributed by atoms with van der Waals surface area (Å²) in [5.74, 6) is 1.37. The molecule has 8 heteroatoms. The molecule has 0 amide bonds. The van der Waals surface area contributed by atoms with Crippen molar-refractivity contribution in [3.8, 4) is 17.0 Å². The maximum Gasteiger partial charge on any atom is 0.227 e. The van der Waals surface area contributed by atoms with Gasteiger partial charge < -0.3 is 15.0 Å². The lowest BCUT2D eigenvalue weighted by molar-refractivity contribution is 0.241. The van der Waals surface area contributed by atoms with Gasteiger partial charge in [-0.25, -0.2) is 18.4 Å². The number of piperidine rings is 1. The van der Waals surface area contributed by atoms with E-state index in [0.29, 0.717) is 17.4 Å². The van der Waals surface area contributed by atoms with E-state index in [1.165, 1.54) is 6.42 Å². The Balaban J connectivity index is 1.41. The average molecular weight is 453 g/mol. The quantitative estimate of drug-likeness (QED) is 0.549. The van der Waals surface area contributed by atoms with Crippen LogP contribution >= 0.6 is 0 Å². The first-order valence-electron chi connectivity index (χ1n) is 10.8. The smallest absolute Gasteiger partial charge is 0.227 e. The van der Waals surface area contributed by atoms with Gasteiger partial charge >= 0.3 is 0 Å². The lowest BCUT2D eigenvalue weighted by Crippen LogP contribution is -2.33. The van der Waals surface area contributed by atoms with Gasteiger partial charge in [-0.2, -0.15) is 0 Å². The fourth-order valence-electron chi connectivity index (χ4n) is 3.77. The molecular formula is C24H28N4O3S. The lowest BCUT2D eigenvalue weighted by Gasteiger charge is -2.26. The Labute approximate surface area is 189 Å². The molecule has 0 saturated carbocycles. The summed E-state index contributed by atoms with van der Waals surface area (Å²) in [4.78, 5) is 11.4. The van der Waals surface area contributed by atoms with Crippen LogP contribution in [-0.4, -0.2) is 55.8 Å². The van der Waals surface area contributed by atoms with Crippen LogP contribution in [0.3, 0.4) is 0 Å². The van der Waals surface area contributed by atoms with E-state index in [1.54, 1.807) is 37.6 Å². The van der Waals surface area contributed by atoms with Gasteiger partial charge in [-0.05, 0) is 80.5 Å². The molecule has 0 spiro atoms. The molecule has 3 aromatic rings. The van der Waals surface area contributed by atoms with E-state index < -0.39 is 9.84 Å². The van der Waals surface area contributed by atoms with Crippen molar-refractivity contribution in [2.75, 3.05) is 37.8 Å². The van der Waals surface area contributed by atoms with Crippen molar-refractivity contribution in [2.45, 2.75) is 24.2 Å². The summed E-state index contributed by atoms with van der Waals surface area (Å²) >= 11 is 0. The first kappa shape index (κ1) is 22.2. The van der Waals surface area contributed by atoms with Crippen molar-refractivity contribution in [1.29, 1.82) is 0 Å². The van der Waals surface area contributed by atoms with Gasteiger partial charge in [-0.3, -0.25) is 0 Å². The Morgan fingerprint density at radius 3 is 2.38 bits per heavy atom. The molecule has 1 N–H and O–H groups in total. The van der Waals surface area contributed by atoms with Gasteiger partial charge in [0.25, 0.3) is 0 Å². The number of nitrogens with zero attached hydrogens (tertiary/aromatic N) is 3. The number of anilines is 2. The van der Waals surface area contributed by atoms with Crippen LogP contribution in [0.5, 0.6) is 5.75 Å². The Kier molecular flexibility index (Phi) is 7.02. The fraction of sp³-hybridized carbons (Fsp3) is 0.333. The van der Waals surface area contributed by atoms with Crippen LogP contribution in [0.15, 0.2) is 65.7 Å². The molecule has 4 rings (SSSR count). The van der Waals surface area contributed by atoms with Crippen LogP contribution in [0.25, 0.3) is 11.3 Å². The van der Waals surface area contributed by atoms with E-state index in [2.05, 4.69) is 20.2 Å². The number of nitrogens with one attached hydrogen (secondary N) is 1. The molecule has 2 aromatic carbocycles. The minimum atomic E-state index is -3.31. The van der Waals surface area contributed by atoms with Crippen molar-refractivity contribution in [2.24, 2.45) is 0 Å². The first-order valence-corrected chi connectivity index (χ1v) is 12.5. The van der Waals surface area contributed by atoms with Gasteiger partial charge in [-0.1, -0.05) is 6.42 Å². The molecule has 32 heavy (non-hydrogen) atoms. The molecule has 0 bridgehead atoms. The van der Waals surface area contributed by atoms with E-state index in [1.807, 2.05) is 30.3 Å². The summed E-state index contributed by atoms with van der Waals surface area (Å²) in [6.07, 6.45) is 5.24. The standard InChI is InChI=1S/C24H28N4O3S/c1-31-21-9-5-19(6-10-21)23-13-14-25-24(27-23)26-20-7-11-22(12-8-20)32(29,30)18-17-28-15-3-2-4-16-28/h5-14H,2-4,15-18H2,1H3,(H,25,26,27). The van der Waals surface area contributed by atoms with Crippen LogP contribution in [-0.2, 0) is 9.84 Å². The van der Waals surface area contributed by atoms with Crippen LogP contribution < -0.4 is 10.1 Å². The Bertz CT molecular complexity index is 1130. The van der Waals surface area contributed by atoms with E-state index in [9.17, 15) is 8.42 Å². The summed E-state index contributed by atoms with van der Waals surface area (Å²) in [6, 6.07) is 16.3. The second-order valence-corrected chi connectivity index (χ2v) is 9.97. The van der Waals surface area contributed by atoms with Crippen LogP contribution in [0.2, 0.25) is 0 Å². The number of aromatic nitrogens is 2. The maximum atomic E-state index is 12.7. The minimum Gasteiger partial charge on any atom is -0.497 e. The number of benzene rings is 2. The Hall–Kier alpha value is -2.97. The summed E-state index contributed by atoms with van der Waals surface area (Å²) in [5, 5.41) is 3.15. The SMILES string of the molecule is COc1ccc(-c2ccnc(Nc3ccc(S(=O)(=O)CCN4CCCCC4)cc3)n2)cc1. The molecule has 7 nitrogen and oxygen atoms in total. The van der Waals surface area contributed by atoms with Crippen molar-refractivity contribution in [3.63, 3.8) is 0 Å². The third kappa shape index (κ3) is 5.63. The van der Waals surface area contributed by atoms with Crippen molar-refractivity contribution in [3.05, 3.63) is 60.8 Å². The highest BCUT2D eigenvalue weighted by Crippen LogP contribution is 2.23. The minimum absolute atomic E-state index is 0.146. The molecule has 1 fully saturated rings. The first-order chi connectivity index (χ1) is 15.5. The highest BCUT2D eigenvalue weighted by Gasteiger charge is 2.18. The van der Waals surface area contributed by atoms with Gasteiger partial charge in [0.1, 0.15) is 5.75 Å². The number of methoxy groups -OCH3 is 1. The number of rotatable bonds is 8. The van der Waals surface area contributed by atoms with Crippen molar-refractivity contribution in [1.82, 2.24) is 14.9 Å². The fourth-order valence-corrected chi connectivity index (χ4v) is 5.05. The van der Waals surface area contributed by atoms with Gasteiger partial charge in [0.2, 0.25) is 5.95 Å². The zero-order valence-electron chi connectivity index (χ0n) is 18.2. The second kappa shape index (κ2) is 10.1. The number of ether oxygens (including phenoxy) is 1. The van der Waals surface area contributed by atoms with Crippen LogP contribution in [0, 0.1) is 0 Å². The normalized spacial score (nSPS) is 14.8. The Morgan fingerprint density at radius 1 is 0.969 bits per heavy atom. The Morgan fingerprint density at radius 2 is 1.69 bits per heavy atom. The predicted octanol–water partition coefficient (Wildman–Crippen LogP) is 4.16. The second-order valence-electron chi connectivity index (χ2n) is 7.86. The maximum absolute atomic E-state index is 12.7. The van der Waals surface area contributed by atoms with E-state index in [0.717, 1.165) is 48.6 Å². The third-order valence-corrected chi connectivity index (χ3v) is 7.35. The van der Waals surface area contributed by atoms with Gasteiger partial charge in [0.05, 0.1) is 23.5 Å². The van der Waals surface area contributed by atoms with E-state index in [-0.39, 0.29) is 5.75 Å². The molecule has 0 radical (unpaired) electrons. The summed E-state index contributed by atoms with van der Waals surface area (Å²) < 4.78 is 30.6. The zero-order chi connectivity index (χ0) is 22.4. The monoisotopic (exact) mass is 452 g/mol. The number of likely N-dealkylation sites (tertiary alicyclic amines) is 1. The molecule has 2 heterocycles. The molecule has 1 aliphatic rings. The van der Waals surface area contributed by atoms with Gasteiger partial charge in [0.15, 0.2) is 9.84 Å². The van der Waals surface area contributed by atoms with Gasteiger partial charge in [-0.15, -0.1) is 0 Å². The van der Waals surface area contributed by atoms with Crippen molar-refractivity contribution < 1.29 is 13.2 Å². The molecule has 0 atom stereocenters. The number of hydrogen-bond donors (Lipinski definition) is 1. The predicted molar refractivity (Wildman–Crippen MR) is 126 cm³/mol. The molecule has 0 aliphatic carbocycles. The lowest BCUT2D eigenvalue weighted by atomic mass is 10.1. The van der Waals surface area contributed by atoms with Crippen molar-refractivity contribution >= 4 is 21.5 Å². The van der Waals surface area contributed by atoms with Crippen LogP contribution in [0.4, 0.5) is 11.6 Å². The molecule has 1 saturated heterocycles. The molecule has 1 aromatic heterocycles. The molecular weight excluding hydrogens is 424 g/mol. The molecule has 0 unspecified atom stereocenters. The number of hydrogen-bond acceptors (Lipinski definition) is 7. The van der Waals surface area contributed by atoms with E-state index in [4.69, 9.17) is 4.74 Å². The molecule has 168 valence electrons. The van der Waals surface area contributed by atoms with Gasteiger partial charge in [0, 0.05) is 24.0 Å². The highest BCUT2D eigenvalue weighted by molar-refractivity contribution is 7.91. The summed E-state index contributed by atoms with van der Waals surface area (Å²) in [7, 11) is -1.68. The largest absolute Gasteiger partial charge is 0.497 e. The average Bonchev–Trinajstić information content (AvgIpc) is 2.84. The topological polar surface area (TPSA) is 84.4 Å². The molecule has 1 aliphatic heterocycles. The van der Waals surface area contributed by atoms with Crippen LogP contribution in [0.1, 0.15) is 19.3 Å². The zero-order valence-corrected chi connectivity index (χ0v) is 19.0. The summed E-state index contributed by atoms with van der Waals surface area (Å²) in [6.45, 7) is 2.58. The van der Waals surface area contributed by atoms with E-state index >= 15 is 0 Å². The highest BCUT2D eigenvalue weighted by atomic mass is 32.2. The number of sulfone groups is 1.